The molecule has 92 valence electrons. The van der Waals surface area contributed by atoms with Crippen molar-refractivity contribution in [3.05, 3.63) is 0 Å². The number of hydrogen-bond acceptors (Lipinski definition) is 4. The first-order chi connectivity index (χ1) is 6.90. The van der Waals surface area contributed by atoms with Crippen LogP contribution in [0.15, 0.2) is 0 Å². The fourth-order valence-electron chi connectivity index (χ4n) is 1.22. The van der Waals surface area contributed by atoms with Crippen LogP contribution in [0, 0.1) is 5.92 Å². The van der Waals surface area contributed by atoms with E-state index in [1.807, 2.05) is 20.8 Å². The highest BCUT2D eigenvalue weighted by atomic mass is 16.5. The second-order valence-corrected chi connectivity index (χ2v) is 4.96. The molecule has 0 rings (SSSR count). The van der Waals surface area contributed by atoms with Gasteiger partial charge in [0.1, 0.15) is 0 Å². The molecule has 0 saturated carbocycles. The average molecular weight is 218 g/mol. The van der Waals surface area contributed by atoms with Gasteiger partial charge in [-0.3, -0.25) is 11.3 Å². The lowest BCUT2D eigenvalue weighted by Crippen LogP contribution is -2.45. The number of nitrogens with two attached hydrogens (primary N) is 1. The van der Waals surface area contributed by atoms with Crippen molar-refractivity contribution in [3.8, 4) is 0 Å². The molecule has 0 aromatic heterocycles. The molecule has 0 amide bonds. The van der Waals surface area contributed by atoms with E-state index in [1.165, 1.54) is 0 Å². The molecular weight excluding hydrogens is 192 g/mol. The van der Waals surface area contributed by atoms with Crippen LogP contribution >= 0.6 is 0 Å². The molecule has 15 heavy (non-hydrogen) atoms. The molecule has 0 heterocycles. The number of rotatable bonds is 7. The summed E-state index contributed by atoms with van der Waals surface area (Å²) in [5, 5.41) is 0. The summed E-state index contributed by atoms with van der Waals surface area (Å²) in [5.74, 6) is 5.95. The van der Waals surface area contributed by atoms with Gasteiger partial charge in [0.2, 0.25) is 0 Å². The average Bonchev–Trinajstić information content (AvgIpc) is 2.13. The maximum atomic E-state index is 5.70. The molecule has 0 fully saturated rings. The van der Waals surface area contributed by atoms with Gasteiger partial charge in [-0.1, -0.05) is 6.92 Å². The predicted molar refractivity (Wildman–Crippen MR) is 62.5 cm³/mol. The van der Waals surface area contributed by atoms with Gasteiger partial charge in [0, 0.05) is 19.8 Å². The highest BCUT2D eigenvalue weighted by Crippen LogP contribution is 2.12. The third-order valence-electron chi connectivity index (χ3n) is 2.37. The Morgan fingerprint density at radius 2 is 1.93 bits per heavy atom. The van der Waals surface area contributed by atoms with Gasteiger partial charge in [0.15, 0.2) is 0 Å². The van der Waals surface area contributed by atoms with E-state index in [4.69, 9.17) is 15.3 Å². The second-order valence-electron chi connectivity index (χ2n) is 4.96. The Balaban J connectivity index is 3.90. The van der Waals surface area contributed by atoms with E-state index in [2.05, 4.69) is 12.3 Å². The van der Waals surface area contributed by atoms with Crippen molar-refractivity contribution in [2.24, 2.45) is 11.8 Å². The van der Waals surface area contributed by atoms with Gasteiger partial charge in [-0.05, 0) is 33.1 Å². The molecule has 0 aliphatic rings. The Bertz CT molecular complexity index is 157. The van der Waals surface area contributed by atoms with E-state index in [1.54, 1.807) is 7.11 Å². The molecule has 2 unspecified atom stereocenters. The number of ether oxygens (including phenoxy) is 2. The topological polar surface area (TPSA) is 56.5 Å². The summed E-state index contributed by atoms with van der Waals surface area (Å²) in [6.45, 7) is 9.66. The molecule has 0 spiro atoms. The van der Waals surface area contributed by atoms with Gasteiger partial charge in [0.25, 0.3) is 0 Å². The lowest BCUT2D eigenvalue weighted by Gasteiger charge is -2.27. The molecular formula is C11H26N2O2. The van der Waals surface area contributed by atoms with Gasteiger partial charge >= 0.3 is 0 Å². The third-order valence-corrected chi connectivity index (χ3v) is 2.37. The molecule has 4 heteroatoms. The number of hydrazine groups is 1. The Labute approximate surface area is 93.5 Å². The summed E-state index contributed by atoms with van der Waals surface area (Å²) in [5.41, 5.74) is 2.69. The molecule has 0 saturated heterocycles. The molecule has 0 aromatic rings. The van der Waals surface area contributed by atoms with Gasteiger partial charge in [0.05, 0.1) is 12.2 Å². The van der Waals surface area contributed by atoms with Crippen molar-refractivity contribution >= 4 is 0 Å². The minimum atomic E-state index is -0.115. The van der Waals surface area contributed by atoms with Crippen molar-refractivity contribution in [1.82, 2.24) is 5.43 Å². The van der Waals surface area contributed by atoms with E-state index in [0.717, 1.165) is 13.0 Å². The zero-order valence-electron chi connectivity index (χ0n) is 10.7. The van der Waals surface area contributed by atoms with Crippen LogP contribution in [0.5, 0.6) is 0 Å². The van der Waals surface area contributed by atoms with E-state index in [9.17, 15) is 0 Å². The summed E-state index contributed by atoms with van der Waals surface area (Å²) in [7, 11) is 1.71. The first-order valence-electron chi connectivity index (χ1n) is 5.49. The van der Waals surface area contributed by atoms with Crippen LogP contribution in [0.25, 0.3) is 0 Å². The van der Waals surface area contributed by atoms with Crippen LogP contribution < -0.4 is 11.3 Å². The molecule has 0 aromatic carbocycles. The Morgan fingerprint density at radius 3 is 2.33 bits per heavy atom. The van der Waals surface area contributed by atoms with Crippen LogP contribution in [0.1, 0.15) is 34.1 Å². The highest BCUT2D eigenvalue weighted by Gasteiger charge is 2.19. The lowest BCUT2D eigenvalue weighted by atomic mass is 10.00. The summed E-state index contributed by atoms with van der Waals surface area (Å²) < 4.78 is 10.7. The van der Waals surface area contributed by atoms with E-state index < -0.39 is 0 Å². The van der Waals surface area contributed by atoms with Crippen LogP contribution in [-0.2, 0) is 9.47 Å². The Hall–Kier alpha value is -0.160. The second kappa shape index (κ2) is 7.17. The summed E-state index contributed by atoms with van der Waals surface area (Å²) in [6, 6.07) is 0.180. The normalized spacial score (nSPS) is 16.4. The summed E-state index contributed by atoms with van der Waals surface area (Å²) >= 11 is 0. The Kier molecular flexibility index (Phi) is 7.09. The molecule has 0 aliphatic heterocycles. The number of methoxy groups -OCH3 is 1. The Morgan fingerprint density at radius 1 is 1.33 bits per heavy atom. The quantitative estimate of drug-likeness (QED) is 0.499. The molecule has 0 bridgehead atoms. The maximum absolute atomic E-state index is 5.70. The maximum Gasteiger partial charge on any atom is 0.0642 e. The van der Waals surface area contributed by atoms with Crippen molar-refractivity contribution in [2.45, 2.75) is 45.8 Å². The molecule has 0 radical (unpaired) electrons. The minimum Gasteiger partial charge on any atom is -0.385 e. The molecule has 4 nitrogen and oxygen atoms in total. The molecule has 2 atom stereocenters. The predicted octanol–water partition coefficient (Wildman–Crippen LogP) is 1.31. The van der Waals surface area contributed by atoms with Crippen molar-refractivity contribution in [1.29, 1.82) is 0 Å². The van der Waals surface area contributed by atoms with Crippen LogP contribution in [0.3, 0.4) is 0 Å². The first-order valence-corrected chi connectivity index (χ1v) is 5.49. The van der Waals surface area contributed by atoms with Crippen molar-refractivity contribution < 1.29 is 9.47 Å². The summed E-state index contributed by atoms with van der Waals surface area (Å²) in [6.07, 6.45) is 0.985. The SMILES string of the molecule is COCCC(C)C(COC(C)(C)C)NN. The third kappa shape index (κ3) is 7.73. The van der Waals surface area contributed by atoms with Crippen LogP contribution in [0.4, 0.5) is 0 Å². The fraction of sp³-hybridized carbons (Fsp3) is 1.00. The van der Waals surface area contributed by atoms with Crippen molar-refractivity contribution in [2.75, 3.05) is 20.3 Å². The van der Waals surface area contributed by atoms with Crippen LogP contribution in [0.2, 0.25) is 0 Å². The summed E-state index contributed by atoms with van der Waals surface area (Å²) in [4.78, 5) is 0. The fourth-order valence-corrected chi connectivity index (χ4v) is 1.22. The first kappa shape index (κ1) is 14.8. The zero-order chi connectivity index (χ0) is 11.9. The molecule has 0 aliphatic carbocycles. The monoisotopic (exact) mass is 218 g/mol. The van der Waals surface area contributed by atoms with Gasteiger partial charge < -0.3 is 9.47 Å². The van der Waals surface area contributed by atoms with Gasteiger partial charge in [-0.2, -0.15) is 0 Å². The van der Waals surface area contributed by atoms with E-state index in [0.29, 0.717) is 12.5 Å². The van der Waals surface area contributed by atoms with E-state index in [-0.39, 0.29) is 11.6 Å². The van der Waals surface area contributed by atoms with Gasteiger partial charge in [-0.15, -0.1) is 0 Å². The standard InChI is InChI=1S/C11H26N2O2/c1-9(6-7-14-5)10(13-12)8-15-11(2,3)4/h9-10,13H,6-8,12H2,1-5H3. The zero-order valence-corrected chi connectivity index (χ0v) is 10.7. The van der Waals surface area contributed by atoms with Crippen molar-refractivity contribution in [3.63, 3.8) is 0 Å². The van der Waals surface area contributed by atoms with Gasteiger partial charge in [-0.25, -0.2) is 0 Å². The number of hydrogen-bond donors (Lipinski definition) is 2. The van der Waals surface area contributed by atoms with Crippen LogP contribution in [-0.4, -0.2) is 32.0 Å². The minimum absolute atomic E-state index is 0.115. The number of nitrogens with one attached hydrogen (secondary N) is 1. The largest absolute Gasteiger partial charge is 0.385 e. The van der Waals surface area contributed by atoms with E-state index >= 15 is 0 Å². The molecule has 3 N–H and O–H groups in total. The lowest BCUT2D eigenvalue weighted by molar-refractivity contribution is -0.0228. The highest BCUT2D eigenvalue weighted by molar-refractivity contribution is 4.72. The smallest absolute Gasteiger partial charge is 0.0642 e.